The van der Waals surface area contributed by atoms with Gasteiger partial charge in [0.2, 0.25) is 5.91 Å². The van der Waals surface area contributed by atoms with E-state index in [-0.39, 0.29) is 18.0 Å². The van der Waals surface area contributed by atoms with Gasteiger partial charge in [-0.1, -0.05) is 0 Å². The Morgan fingerprint density at radius 1 is 1.27 bits per heavy atom. The summed E-state index contributed by atoms with van der Waals surface area (Å²) in [6.07, 6.45) is 1.21. The number of carbonyl (C=O) groups is 2. The third kappa shape index (κ3) is 4.57. The van der Waals surface area contributed by atoms with Crippen molar-refractivity contribution in [3.63, 3.8) is 0 Å². The van der Waals surface area contributed by atoms with E-state index in [4.69, 9.17) is 9.47 Å². The summed E-state index contributed by atoms with van der Waals surface area (Å²) in [5, 5.41) is 5.73. The summed E-state index contributed by atoms with van der Waals surface area (Å²) < 4.78 is 11.1. The first kappa shape index (κ1) is 18.3. The van der Waals surface area contributed by atoms with Crippen LogP contribution in [-0.4, -0.2) is 64.9 Å². The summed E-state index contributed by atoms with van der Waals surface area (Å²) in [6.45, 7) is 3.12. The van der Waals surface area contributed by atoms with Gasteiger partial charge in [-0.25, -0.2) is 4.79 Å². The summed E-state index contributed by atoms with van der Waals surface area (Å²) in [5.74, 6) is 1.34. The quantitative estimate of drug-likeness (QED) is 0.589. The molecule has 0 radical (unpaired) electrons. The molecule has 2 aliphatic heterocycles. The molecule has 0 spiro atoms. The summed E-state index contributed by atoms with van der Waals surface area (Å²) in [5.41, 5.74) is 0.762. The van der Waals surface area contributed by atoms with Crippen molar-refractivity contribution >= 4 is 17.6 Å². The Morgan fingerprint density at radius 2 is 2.04 bits per heavy atom. The van der Waals surface area contributed by atoms with Gasteiger partial charge >= 0.3 is 6.03 Å². The lowest BCUT2D eigenvalue weighted by molar-refractivity contribution is -0.858. The lowest BCUT2D eigenvalue weighted by Crippen LogP contribution is -3.05. The summed E-state index contributed by atoms with van der Waals surface area (Å²) >= 11 is 0. The number of urea groups is 1. The third-order valence-electron chi connectivity index (χ3n) is 4.44. The van der Waals surface area contributed by atoms with Crippen molar-refractivity contribution in [3.05, 3.63) is 18.2 Å². The van der Waals surface area contributed by atoms with E-state index in [1.165, 1.54) is 4.90 Å². The number of nitrogens with one attached hydrogen (secondary N) is 3. The standard InChI is InChI=1S/C18H26N4O4/c1-21(2)7-3-6-19-18(24)20-13-10-17(23)22(12-13)14-4-5-15-16(11-14)26-9-8-25-15/h4-5,11,13H,3,6-10,12H2,1-2H3,(H2,19,20,24)/p+1/t13-/m1/s1. The van der Waals surface area contributed by atoms with Gasteiger partial charge in [0.15, 0.2) is 11.5 Å². The van der Waals surface area contributed by atoms with Crippen molar-refractivity contribution in [3.8, 4) is 11.5 Å². The molecular weight excluding hydrogens is 336 g/mol. The van der Waals surface area contributed by atoms with Crippen LogP contribution in [-0.2, 0) is 4.79 Å². The Labute approximate surface area is 153 Å². The lowest BCUT2D eigenvalue weighted by atomic mass is 10.2. The van der Waals surface area contributed by atoms with E-state index >= 15 is 0 Å². The molecule has 3 rings (SSSR count). The summed E-state index contributed by atoms with van der Waals surface area (Å²) in [6, 6.07) is 5.06. The predicted octanol–water partition coefficient (Wildman–Crippen LogP) is -0.603. The molecule has 2 aliphatic rings. The molecule has 1 saturated heterocycles. The number of benzene rings is 1. The minimum Gasteiger partial charge on any atom is -0.486 e. The minimum atomic E-state index is -0.222. The first-order chi connectivity index (χ1) is 12.5. The third-order valence-corrected chi connectivity index (χ3v) is 4.44. The fraction of sp³-hybridized carbons (Fsp3) is 0.556. The van der Waals surface area contributed by atoms with Gasteiger partial charge in [-0.15, -0.1) is 0 Å². The Kier molecular flexibility index (Phi) is 5.82. The van der Waals surface area contributed by atoms with E-state index in [9.17, 15) is 9.59 Å². The van der Waals surface area contributed by atoms with Crippen LogP contribution in [0.15, 0.2) is 18.2 Å². The maximum Gasteiger partial charge on any atom is 0.315 e. The number of ether oxygens (including phenoxy) is 2. The van der Waals surface area contributed by atoms with Gasteiger partial charge in [-0.2, -0.15) is 0 Å². The van der Waals surface area contributed by atoms with Gasteiger partial charge < -0.3 is 29.9 Å². The van der Waals surface area contributed by atoms with E-state index < -0.39 is 0 Å². The Hall–Kier alpha value is -2.48. The highest BCUT2D eigenvalue weighted by atomic mass is 16.6. The van der Waals surface area contributed by atoms with Crippen LogP contribution in [0.5, 0.6) is 11.5 Å². The molecule has 3 amide bonds. The van der Waals surface area contributed by atoms with E-state index in [2.05, 4.69) is 24.7 Å². The fourth-order valence-corrected chi connectivity index (χ4v) is 3.13. The van der Waals surface area contributed by atoms with Crippen LogP contribution >= 0.6 is 0 Å². The van der Waals surface area contributed by atoms with Crippen molar-refractivity contribution in [1.82, 2.24) is 10.6 Å². The monoisotopic (exact) mass is 363 g/mol. The first-order valence-corrected chi connectivity index (χ1v) is 9.06. The Balaban J connectivity index is 1.51. The predicted molar refractivity (Wildman–Crippen MR) is 97.0 cm³/mol. The summed E-state index contributed by atoms with van der Waals surface area (Å²) in [7, 11) is 4.16. The molecular formula is C18H27N4O4+. The molecule has 3 N–H and O–H groups in total. The molecule has 8 heteroatoms. The van der Waals surface area contributed by atoms with Crippen LogP contribution < -0.4 is 29.9 Å². The van der Waals surface area contributed by atoms with Gasteiger partial charge in [0.25, 0.3) is 0 Å². The first-order valence-electron chi connectivity index (χ1n) is 9.06. The molecule has 1 aromatic rings. The van der Waals surface area contributed by atoms with E-state index in [0.717, 1.165) is 18.7 Å². The maximum absolute atomic E-state index is 12.3. The normalized spacial score (nSPS) is 19.0. The number of rotatable bonds is 6. The number of hydrogen-bond acceptors (Lipinski definition) is 4. The highest BCUT2D eigenvalue weighted by Crippen LogP contribution is 2.35. The zero-order valence-corrected chi connectivity index (χ0v) is 15.3. The molecule has 142 valence electrons. The van der Waals surface area contributed by atoms with Crippen molar-refractivity contribution < 1.29 is 24.0 Å². The maximum atomic E-state index is 12.3. The zero-order valence-electron chi connectivity index (χ0n) is 15.3. The van der Waals surface area contributed by atoms with E-state index in [1.54, 1.807) is 4.90 Å². The van der Waals surface area contributed by atoms with Gasteiger partial charge in [0.05, 0.1) is 26.7 Å². The average molecular weight is 363 g/mol. The number of carbonyl (C=O) groups excluding carboxylic acids is 2. The lowest BCUT2D eigenvalue weighted by Gasteiger charge is -2.22. The molecule has 0 bridgehead atoms. The molecule has 0 saturated carbocycles. The molecule has 1 aromatic carbocycles. The highest BCUT2D eigenvalue weighted by molar-refractivity contribution is 5.97. The van der Waals surface area contributed by atoms with Crippen LogP contribution in [0.1, 0.15) is 12.8 Å². The largest absolute Gasteiger partial charge is 0.486 e. The molecule has 2 heterocycles. The number of hydrogen-bond donors (Lipinski definition) is 3. The number of nitrogens with zero attached hydrogens (tertiary/aromatic N) is 1. The van der Waals surface area contributed by atoms with Crippen LogP contribution in [0, 0.1) is 0 Å². The SMILES string of the molecule is C[NH+](C)CCCNC(=O)N[C@@H]1CC(=O)N(c2ccc3c(c2)OCCO3)C1. The molecule has 1 atom stereocenters. The Bertz CT molecular complexity index is 665. The van der Waals surface area contributed by atoms with Crippen molar-refractivity contribution in [2.24, 2.45) is 0 Å². The second-order valence-electron chi connectivity index (χ2n) is 6.94. The van der Waals surface area contributed by atoms with E-state index in [0.29, 0.717) is 44.2 Å². The Morgan fingerprint density at radius 3 is 2.81 bits per heavy atom. The fourth-order valence-electron chi connectivity index (χ4n) is 3.13. The van der Waals surface area contributed by atoms with Gasteiger partial charge in [-0.3, -0.25) is 4.79 Å². The van der Waals surface area contributed by atoms with Crippen LogP contribution in [0.25, 0.3) is 0 Å². The second-order valence-corrected chi connectivity index (χ2v) is 6.94. The second kappa shape index (κ2) is 8.27. The molecule has 0 aliphatic carbocycles. The average Bonchev–Trinajstić information content (AvgIpc) is 2.98. The van der Waals surface area contributed by atoms with Gasteiger partial charge in [0.1, 0.15) is 13.2 Å². The van der Waals surface area contributed by atoms with Gasteiger partial charge in [0, 0.05) is 37.7 Å². The van der Waals surface area contributed by atoms with Crippen LogP contribution in [0.3, 0.4) is 0 Å². The smallest absolute Gasteiger partial charge is 0.315 e. The topological polar surface area (TPSA) is 84.3 Å². The number of anilines is 1. The summed E-state index contributed by atoms with van der Waals surface area (Å²) in [4.78, 5) is 27.4. The van der Waals surface area contributed by atoms with Gasteiger partial charge in [-0.05, 0) is 12.1 Å². The molecule has 0 unspecified atom stereocenters. The molecule has 26 heavy (non-hydrogen) atoms. The van der Waals surface area contributed by atoms with Crippen molar-refractivity contribution in [1.29, 1.82) is 0 Å². The van der Waals surface area contributed by atoms with Crippen LogP contribution in [0.2, 0.25) is 0 Å². The highest BCUT2D eigenvalue weighted by Gasteiger charge is 2.32. The zero-order chi connectivity index (χ0) is 18.5. The molecule has 8 nitrogen and oxygen atoms in total. The minimum absolute atomic E-state index is 0.0109. The molecule has 0 aromatic heterocycles. The number of amides is 3. The number of quaternary nitrogens is 1. The number of fused-ring (bicyclic) bond motifs is 1. The van der Waals surface area contributed by atoms with Crippen molar-refractivity contribution in [2.75, 3.05) is 51.8 Å². The van der Waals surface area contributed by atoms with Crippen molar-refractivity contribution in [2.45, 2.75) is 18.9 Å². The van der Waals surface area contributed by atoms with E-state index in [1.807, 2.05) is 18.2 Å². The molecule has 1 fully saturated rings. The van der Waals surface area contributed by atoms with Crippen LogP contribution in [0.4, 0.5) is 10.5 Å².